The summed E-state index contributed by atoms with van der Waals surface area (Å²) in [6.45, 7) is 3.98. The molecule has 0 saturated carbocycles. The molecule has 0 heterocycles. The van der Waals surface area contributed by atoms with Gasteiger partial charge in [-0.05, 0) is 39.5 Å². The van der Waals surface area contributed by atoms with Crippen LogP contribution >= 0.6 is 18.2 Å². The van der Waals surface area contributed by atoms with Crippen LogP contribution in [0.2, 0.25) is 0 Å². The molecule has 16 heavy (non-hydrogen) atoms. The lowest BCUT2D eigenvalue weighted by molar-refractivity contribution is -0.157. The van der Waals surface area contributed by atoms with E-state index >= 15 is 0 Å². The summed E-state index contributed by atoms with van der Waals surface area (Å²) in [5, 5.41) is 2.77. The minimum Gasteiger partial charge on any atom is -0.318 e. The molecule has 0 aromatic carbocycles. The Morgan fingerprint density at radius 3 is 2.19 bits per heavy atom. The van der Waals surface area contributed by atoms with Crippen molar-refractivity contribution in [1.29, 1.82) is 0 Å². The summed E-state index contributed by atoms with van der Waals surface area (Å²) in [5.41, 5.74) is -0.479. The highest BCUT2D eigenvalue weighted by Crippen LogP contribution is 2.50. The number of alkyl halides is 3. The van der Waals surface area contributed by atoms with E-state index in [1.54, 1.807) is 27.7 Å². The number of rotatable bonds is 6. The van der Waals surface area contributed by atoms with E-state index in [1.165, 1.54) is 0 Å². The van der Waals surface area contributed by atoms with Crippen LogP contribution in [0.1, 0.15) is 27.7 Å². The Hall–Kier alpha value is 0.680. The van der Waals surface area contributed by atoms with E-state index in [-0.39, 0.29) is 6.61 Å². The fourth-order valence-electron chi connectivity index (χ4n) is 0.862. The van der Waals surface area contributed by atoms with Crippen LogP contribution in [0.4, 0.5) is 8.78 Å². The number of hydrogen-bond donors (Lipinski definition) is 1. The minimum absolute atomic E-state index is 0.193. The molecule has 0 radical (unpaired) electrons. The first-order valence-electron chi connectivity index (χ1n) is 4.72. The lowest BCUT2D eigenvalue weighted by atomic mass is 10.1. The molecule has 0 aliphatic heterocycles. The van der Waals surface area contributed by atoms with Gasteiger partial charge in [0.15, 0.2) is 0 Å². The lowest BCUT2D eigenvalue weighted by Crippen LogP contribution is -2.37. The van der Waals surface area contributed by atoms with Crippen molar-refractivity contribution in [3.05, 3.63) is 0 Å². The zero-order valence-electron chi connectivity index (χ0n) is 9.72. The summed E-state index contributed by atoms with van der Waals surface area (Å²) in [4.78, 5) is 0. The quantitative estimate of drug-likeness (QED) is 0.600. The molecule has 0 aliphatic carbocycles. The zero-order chi connectivity index (χ0) is 13.0. The van der Waals surface area contributed by atoms with Gasteiger partial charge < -0.3 is 4.52 Å². The highest BCUT2D eigenvalue weighted by Gasteiger charge is 2.39. The van der Waals surface area contributed by atoms with Crippen molar-refractivity contribution in [2.24, 2.45) is 0 Å². The highest BCUT2D eigenvalue weighted by molar-refractivity contribution is 8.09. The Balaban J connectivity index is 4.77. The maximum absolute atomic E-state index is 13.0. The Bertz CT molecular complexity index is 273. The molecule has 0 rings (SSSR count). The Kier molecular flexibility index (Phi) is 6.28. The normalized spacial score (nSPS) is 17.2. The monoisotopic (exact) mass is 295 g/mol. The van der Waals surface area contributed by atoms with Gasteiger partial charge in [-0.1, -0.05) is 0 Å². The predicted octanol–water partition coefficient (Wildman–Crippen LogP) is 3.48. The first-order chi connectivity index (χ1) is 7.04. The van der Waals surface area contributed by atoms with Crippen LogP contribution in [0.15, 0.2) is 0 Å². The second-order valence-corrected chi connectivity index (χ2v) is 7.51. The first kappa shape index (κ1) is 16.7. The van der Waals surface area contributed by atoms with Crippen LogP contribution in [0, 0.1) is 0 Å². The molecule has 0 spiro atoms. The third kappa shape index (κ3) is 7.09. The smallest absolute Gasteiger partial charge is 0.318 e. The van der Waals surface area contributed by atoms with Gasteiger partial charge in [0.25, 0.3) is 6.64 Å². The molecular formula is C8H17ClF2NO2PS. The Morgan fingerprint density at radius 1 is 1.38 bits per heavy atom. The highest BCUT2D eigenvalue weighted by atomic mass is 35.5. The van der Waals surface area contributed by atoms with Gasteiger partial charge in [0.1, 0.15) is 5.88 Å². The first-order valence-corrected chi connectivity index (χ1v) is 7.89. The van der Waals surface area contributed by atoms with Gasteiger partial charge in [-0.25, -0.2) is 5.09 Å². The Morgan fingerprint density at radius 2 is 1.88 bits per heavy atom. The van der Waals surface area contributed by atoms with Crippen molar-refractivity contribution >= 4 is 30.1 Å². The van der Waals surface area contributed by atoms with Crippen molar-refractivity contribution in [1.82, 2.24) is 5.09 Å². The average molecular weight is 296 g/mol. The molecule has 1 atom stereocenters. The molecule has 1 unspecified atom stereocenters. The summed E-state index contributed by atoms with van der Waals surface area (Å²) >= 11 is 10.1. The summed E-state index contributed by atoms with van der Waals surface area (Å²) in [7, 11) is 0. The fourth-order valence-corrected chi connectivity index (χ4v) is 4.20. The topological polar surface area (TPSA) is 30.5 Å². The lowest BCUT2D eigenvalue weighted by Gasteiger charge is -2.32. The van der Waals surface area contributed by atoms with E-state index in [9.17, 15) is 8.78 Å². The molecule has 0 saturated heterocycles. The van der Waals surface area contributed by atoms with E-state index in [0.29, 0.717) is 0 Å². The number of halogens is 3. The van der Waals surface area contributed by atoms with E-state index in [2.05, 4.69) is 9.61 Å². The van der Waals surface area contributed by atoms with Crippen LogP contribution in [0.5, 0.6) is 0 Å². The fraction of sp³-hybridized carbons (Fsp3) is 1.00. The van der Waals surface area contributed by atoms with Crippen molar-refractivity contribution in [2.45, 2.75) is 39.3 Å². The molecular weight excluding hydrogens is 279 g/mol. The van der Waals surface area contributed by atoms with Crippen LogP contribution in [-0.4, -0.2) is 24.1 Å². The second kappa shape index (κ2) is 6.03. The van der Waals surface area contributed by atoms with Gasteiger partial charge in [-0.15, -0.1) is 11.6 Å². The number of hydrogen-bond acceptors (Lipinski definition) is 3. The van der Waals surface area contributed by atoms with Crippen LogP contribution in [-0.2, 0) is 20.9 Å². The minimum atomic E-state index is -3.48. The third-order valence-corrected chi connectivity index (χ3v) is 4.36. The summed E-state index contributed by atoms with van der Waals surface area (Å²) in [5.74, 6) is -0.954. The van der Waals surface area contributed by atoms with E-state index in [0.717, 1.165) is 0 Å². The summed E-state index contributed by atoms with van der Waals surface area (Å²) in [6, 6.07) is 0. The molecule has 8 heteroatoms. The van der Waals surface area contributed by atoms with Crippen LogP contribution in [0.25, 0.3) is 0 Å². The van der Waals surface area contributed by atoms with Crippen molar-refractivity contribution in [2.75, 3.05) is 12.5 Å². The molecule has 3 nitrogen and oxygen atoms in total. The van der Waals surface area contributed by atoms with Gasteiger partial charge >= 0.3 is 6.11 Å². The standard InChI is InChI=1S/C8H17ClF2NO2PS/c1-5-13-15(16,12-7(2,3)4)14-8(10,11)6-9/h5-6H2,1-4H3,(H,12,16). The van der Waals surface area contributed by atoms with Gasteiger partial charge in [0, 0.05) is 5.54 Å². The molecule has 0 amide bonds. The maximum Gasteiger partial charge on any atom is 0.375 e. The summed E-state index contributed by atoms with van der Waals surface area (Å²) < 4.78 is 35.7. The van der Waals surface area contributed by atoms with Crippen LogP contribution in [0.3, 0.4) is 0 Å². The molecule has 98 valence electrons. The van der Waals surface area contributed by atoms with E-state index in [4.69, 9.17) is 27.9 Å². The van der Waals surface area contributed by atoms with Gasteiger partial charge in [0.2, 0.25) is 0 Å². The number of nitrogens with one attached hydrogen (secondary N) is 1. The molecule has 0 bridgehead atoms. The van der Waals surface area contributed by atoms with E-state index in [1.807, 2.05) is 0 Å². The SMILES string of the molecule is CCOP(=S)(NC(C)(C)C)OC(F)(F)CCl. The molecule has 0 aliphatic rings. The maximum atomic E-state index is 13.0. The van der Waals surface area contributed by atoms with Crippen molar-refractivity contribution < 1.29 is 17.8 Å². The molecule has 1 N–H and O–H groups in total. The molecule has 0 aromatic heterocycles. The predicted molar refractivity (Wildman–Crippen MR) is 65.6 cm³/mol. The van der Waals surface area contributed by atoms with E-state index < -0.39 is 24.2 Å². The van der Waals surface area contributed by atoms with Crippen molar-refractivity contribution in [3.63, 3.8) is 0 Å². The molecule has 0 fully saturated rings. The molecule has 0 aromatic rings. The van der Waals surface area contributed by atoms with Gasteiger partial charge in [-0.3, -0.25) is 4.52 Å². The zero-order valence-corrected chi connectivity index (χ0v) is 12.2. The summed E-state index contributed by atoms with van der Waals surface area (Å²) in [6.07, 6.45) is -3.48. The van der Waals surface area contributed by atoms with Gasteiger partial charge in [-0.2, -0.15) is 8.78 Å². The largest absolute Gasteiger partial charge is 0.375 e. The average Bonchev–Trinajstić information content (AvgIpc) is 1.99. The van der Waals surface area contributed by atoms with Crippen LogP contribution < -0.4 is 5.09 Å². The third-order valence-electron chi connectivity index (χ3n) is 1.18. The second-order valence-electron chi connectivity index (χ2n) is 4.14. The Labute approximate surface area is 105 Å². The van der Waals surface area contributed by atoms with Crippen molar-refractivity contribution in [3.8, 4) is 0 Å². The van der Waals surface area contributed by atoms with Gasteiger partial charge in [0.05, 0.1) is 6.61 Å².